The van der Waals surface area contributed by atoms with Crippen LogP contribution >= 0.6 is 11.3 Å². The average Bonchev–Trinajstić information content (AvgIpc) is 3.08. The number of likely N-dealkylation sites (tertiary alicyclic amines) is 1. The van der Waals surface area contributed by atoms with Gasteiger partial charge < -0.3 is 4.90 Å². The van der Waals surface area contributed by atoms with Crippen molar-refractivity contribution in [2.45, 2.75) is 36.1 Å². The van der Waals surface area contributed by atoms with Gasteiger partial charge in [-0.3, -0.25) is 4.79 Å². The van der Waals surface area contributed by atoms with E-state index >= 15 is 0 Å². The van der Waals surface area contributed by atoms with Gasteiger partial charge in [0.15, 0.2) is 0 Å². The highest BCUT2D eigenvalue weighted by molar-refractivity contribution is 7.89. The van der Waals surface area contributed by atoms with E-state index in [0.29, 0.717) is 13.0 Å². The first-order chi connectivity index (χ1) is 12.0. The second-order valence-corrected chi connectivity index (χ2v) is 9.92. The summed E-state index contributed by atoms with van der Waals surface area (Å²) < 4.78 is 28.9. The van der Waals surface area contributed by atoms with Crippen LogP contribution in [0.5, 0.6) is 0 Å². The zero-order valence-corrected chi connectivity index (χ0v) is 15.4. The van der Waals surface area contributed by atoms with Crippen molar-refractivity contribution in [3.63, 3.8) is 0 Å². The summed E-state index contributed by atoms with van der Waals surface area (Å²) in [6.45, 7) is 1.95. The number of sulfonamides is 1. The van der Waals surface area contributed by atoms with Crippen molar-refractivity contribution in [1.82, 2.24) is 14.2 Å². The van der Waals surface area contributed by atoms with Gasteiger partial charge in [-0.2, -0.15) is 4.31 Å². The zero-order valence-electron chi connectivity index (χ0n) is 13.7. The number of benzene rings is 1. The molecule has 2 aromatic rings. The third kappa shape index (κ3) is 2.14. The molecule has 3 aliphatic rings. The van der Waals surface area contributed by atoms with Crippen LogP contribution in [0.1, 0.15) is 25.7 Å². The van der Waals surface area contributed by atoms with Crippen LogP contribution in [-0.4, -0.2) is 53.7 Å². The van der Waals surface area contributed by atoms with Crippen LogP contribution < -0.4 is 0 Å². The number of piperidine rings is 1. The molecule has 1 saturated carbocycles. The Kier molecular flexibility index (Phi) is 3.30. The van der Waals surface area contributed by atoms with Crippen LogP contribution in [0.4, 0.5) is 0 Å². The third-order valence-corrected chi connectivity index (χ3v) is 8.58. The molecule has 0 spiro atoms. The number of carbonyl (C=O) groups excluding carboxylic acids is 1. The van der Waals surface area contributed by atoms with E-state index in [4.69, 9.17) is 0 Å². The van der Waals surface area contributed by atoms with Crippen molar-refractivity contribution in [1.29, 1.82) is 0 Å². The van der Waals surface area contributed by atoms with E-state index in [2.05, 4.69) is 4.98 Å². The molecule has 3 heterocycles. The summed E-state index contributed by atoms with van der Waals surface area (Å²) in [5, 5.41) is 0. The van der Waals surface area contributed by atoms with Gasteiger partial charge in [-0.25, -0.2) is 13.4 Å². The van der Waals surface area contributed by atoms with Gasteiger partial charge in [-0.1, -0.05) is 0 Å². The molecule has 1 aromatic carbocycles. The molecular formula is C17H19N3O3S2. The molecule has 25 heavy (non-hydrogen) atoms. The van der Waals surface area contributed by atoms with E-state index in [1.165, 1.54) is 15.6 Å². The number of rotatable bonds is 3. The molecule has 0 bridgehead atoms. The van der Waals surface area contributed by atoms with Crippen LogP contribution in [0.25, 0.3) is 10.2 Å². The molecule has 2 atom stereocenters. The molecule has 5 rings (SSSR count). The van der Waals surface area contributed by atoms with E-state index in [0.717, 1.165) is 42.6 Å². The molecule has 6 nitrogen and oxygen atoms in total. The fourth-order valence-corrected chi connectivity index (χ4v) is 7.08. The Labute approximate surface area is 150 Å². The maximum atomic E-state index is 13.3. The van der Waals surface area contributed by atoms with E-state index in [1.54, 1.807) is 23.7 Å². The van der Waals surface area contributed by atoms with Crippen molar-refractivity contribution < 1.29 is 13.2 Å². The van der Waals surface area contributed by atoms with Gasteiger partial charge in [0.1, 0.15) is 5.54 Å². The van der Waals surface area contributed by atoms with Gasteiger partial charge in [-0.15, -0.1) is 11.3 Å². The summed E-state index contributed by atoms with van der Waals surface area (Å²) in [4.78, 5) is 19.4. The van der Waals surface area contributed by atoms with E-state index < -0.39 is 15.6 Å². The minimum absolute atomic E-state index is 0.0231. The monoisotopic (exact) mass is 377 g/mol. The molecule has 2 aliphatic heterocycles. The van der Waals surface area contributed by atoms with Crippen LogP contribution in [-0.2, 0) is 14.8 Å². The molecular weight excluding hydrogens is 358 g/mol. The Morgan fingerprint density at radius 1 is 1.24 bits per heavy atom. The van der Waals surface area contributed by atoms with Gasteiger partial charge >= 0.3 is 0 Å². The minimum Gasteiger partial charge on any atom is -0.341 e. The Balaban J connectivity index is 1.53. The number of aromatic nitrogens is 1. The lowest BCUT2D eigenvalue weighted by molar-refractivity contribution is -0.135. The summed E-state index contributed by atoms with van der Waals surface area (Å²) >= 11 is 1.43. The van der Waals surface area contributed by atoms with Crippen LogP contribution in [0.3, 0.4) is 0 Å². The Morgan fingerprint density at radius 2 is 2.04 bits per heavy atom. The minimum atomic E-state index is -3.68. The quantitative estimate of drug-likeness (QED) is 0.821. The molecule has 132 valence electrons. The number of hydrogen-bond acceptors (Lipinski definition) is 5. The van der Waals surface area contributed by atoms with Crippen molar-refractivity contribution in [2.24, 2.45) is 5.92 Å². The first-order valence-electron chi connectivity index (χ1n) is 8.69. The summed E-state index contributed by atoms with van der Waals surface area (Å²) in [7, 11) is -3.68. The SMILES string of the molecule is O=C(N1CCCC1)C12CC1CCN2S(=O)(=O)c1ccc2ncsc2c1. The van der Waals surface area contributed by atoms with Crippen LogP contribution in [0.2, 0.25) is 0 Å². The molecule has 0 N–H and O–H groups in total. The molecule has 1 aliphatic carbocycles. The lowest BCUT2D eigenvalue weighted by atomic mass is 10.2. The summed E-state index contributed by atoms with van der Waals surface area (Å²) in [6, 6.07) is 5.04. The zero-order chi connectivity index (χ0) is 17.2. The highest BCUT2D eigenvalue weighted by Gasteiger charge is 2.71. The van der Waals surface area contributed by atoms with Crippen LogP contribution in [0, 0.1) is 5.92 Å². The summed E-state index contributed by atoms with van der Waals surface area (Å²) in [5.41, 5.74) is 1.70. The highest BCUT2D eigenvalue weighted by atomic mass is 32.2. The highest BCUT2D eigenvalue weighted by Crippen LogP contribution is 2.58. The first-order valence-corrected chi connectivity index (χ1v) is 11.0. The van der Waals surface area contributed by atoms with Gasteiger partial charge in [-0.05, 0) is 49.8 Å². The Hall–Kier alpha value is -1.51. The van der Waals surface area contributed by atoms with Gasteiger partial charge in [0, 0.05) is 19.6 Å². The van der Waals surface area contributed by atoms with Gasteiger partial charge in [0.05, 0.1) is 20.6 Å². The van der Waals surface area contributed by atoms with E-state index in [-0.39, 0.29) is 16.7 Å². The smallest absolute Gasteiger partial charge is 0.244 e. The molecule has 1 aromatic heterocycles. The number of nitrogens with zero attached hydrogens (tertiary/aromatic N) is 3. The lowest BCUT2D eigenvalue weighted by Gasteiger charge is -2.30. The number of amides is 1. The maximum absolute atomic E-state index is 13.3. The number of fused-ring (bicyclic) bond motifs is 2. The van der Waals surface area contributed by atoms with E-state index in [1.807, 2.05) is 4.90 Å². The second-order valence-electron chi connectivity index (χ2n) is 7.17. The molecule has 2 saturated heterocycles. The first kappa shape index (κ1) is 15.7. The topological polar surface area (TPSA) is 70.6 Å². The molecule has 1 amide bonds. The third-order valence-electron chi connectivity index (χ3n) is 5.85. The molecule has 8 heteroatoms. The fraction of sp³-hybridized carbons (Fsp3) is 0.529. The Morgan fingerprint density at radius 3 is 2.80 bits per heavy atom. The maximum Gasteiger partial charge on any atom is 0.244 e. The average molecular weight is 377 g/mol. The van der Waals surface area contributed by atoms with E-state index in [9.17, 15) is 13.2 Å². The predicted molar refractivity (Wildman–Crippen MR) is 94.8 cm³/mol. The lowest BCUT2D eigenvalue weighted by Crippen LogP contribution is -2.51. The van der Waals surface area contributed by atoms with Crippen molar-refractivity contribution in [2.75, 3.05) is 19.6 Å². The molecule has 2 unspecified atom stereocenters. The number of hydrogen-bond donors (Lipinski definition) is 0. The van der Waals surface area contributed by atoms with Crippen LogP contribution in [0.15, 0.2) is 28.6 Å². The fourth-order valence-electron chi connectivity index (χ4n) is 4.46. The van der Waals surface area contributed by atoms with Crippen molar-refractivity contribution >= 4 is 37.5 Å². The normalized spacial score (nSPS) is 29.3. The predicted octanol–water partition coefficient (Wildman–Crippen LogP) is 2.07. The van der Waals surface area contributed by atoms with Gasteiger partial charge in [0.2, 0.25) is 15.9 Å². The van der Waals surface area contributed by atoms with Gasteiger partial charge in [0.25, 0.3) is 0 Å². The van der Waals surface area contributed by atoms with Crippen molar-refractivity contribution in [3.05, 3.63) is 23.7 Å². The number of thiazole rings is 1. The Bertz CT molecular complexity index is 964. The van der Waals surface area contributed by atoms with Crippen molar-refractivity contribution in [3.8, 4) is 0 Å². The summed E-state index contributed by atoms with van der Waals surface area (Å²) in [5.74, 6) is 0.206. The molecule has 0 radical (unpaired) electrons. The summed E-state index contributed by atoms with van der Waals surface area (Å²) in [6.07, 6.45) is 3.48. The number of carbonyl (C=O) groups is 1. The second kappa shape index (κ2) is 5.25. The molecule has 3 fully saturated rings. The largest absolute Gasteiger partial charge is 0.341 e. The standard InChI is InChI=1S/C17H19N3O3S2/c21-16(19-6-1-2-7-19)17-10-12(17)5-8-20(17)25(22,23)13-3-4-14-15(9-13)24-11-18-14/h3-4,9,11-12H,1-2,5-8,10H2.